The van der Waals surface area contributed by atoms with E-state index in [9.17, 15) is 4.79 Å². The highest BCUT2D eigenvalue weighted by Gasteiger charge is 2.28. The molecule has 1 amide bonds. The summed E-state index contributed by atoms with van der Waals surface area (Å²) in [4.78, 5) is 14.4. The molecule has 1 atom stereocenters. The zero-order valence-corrected chi connectivity index (χ0v) is 13.8. The summed E-state index contributed by atoms with van der Waals surface area (Å²) in [5, 5.41) is 3.35. The third kappa shape index (κ3) is 4.31. The lowest BCUT2D eigenvalue weighted by atomic mass is 9.85. The number of nitrogens with zero attached hydrogens (tertiary/aromatic N) is 1. The highest BCUT2D eigenvalue weighted by molar-refractivity contribution is 5.76. The Labute approximate surface area is 128 Å². The molecule has 0 aliphatic carbocycles. The second-order valence-electron chi connectivity index (χ2n) is 7.01. The molecule has 1 aliphatic rings. The first kappa shape index (κ1) is 16.0. The molecule has 1 N–H and O–H groups in total. The number of rotatable bonds is 4. The third-order valence-electron chi connectivity index (χ3n) is 4.66. The van der Waals surface area contributed by atoms with Crippen LogP contribution in [0.25, 0.3) is 0 Å². The number of likely N-dealkylation sites (tertiary alicyclic amines) is 1. The van der Waals surface area contributed by atoms with Gasteiger partial charge in [-0.1, -0.05) is 43.7 Å². The van der Waals surface area contributed by atoms with Crippen LogP contribution in [-0.4, -0.2) is 30.9 Å². The van der Waals surface area contributed by atoms with E-state index in [4.69, 9.17) is 0 Å². The van der Waals surface area contributed by atoms with Gasteiger partial charge in [0.05, 0.1) is 0 Å². The predicted octanol–water partition coefficient (Wildman–Crippen LogP) is 3.29. The first-order valence-corrected chi connectivity index (χ1v) is 7.93. The van der Waals surface area contributed by atoms with Crippen molar-refractivity contribution in [3.05, 3.63) is 35.4 Å². The van der Waals surface area contributed by atoms with Crippen molar-refractivity contribution >= 4 is 5.91 Å². The quantitative estimate of drug-likeness (QED) is 0.922. The van der Waals surface area contributed by atoms with E-state index >= 15 is 0 Å². The van der Waals surface area contributed by atoms with Crippen molar-refractivity contribution in [1.82, 2.24) is 10.2 Å². The zero-order chi connectivity index (χ0) is 15.5. The maximum absolute atomic E-state index is 12.3. The standard InChI is InChI=1S/C18H28N2O/c1-14-5-7-15(8-6-14)16(19-4)13-20-12-11-18(2,3)10-9-17(20)21/h5-8,16,19H,9-13H2,1-4H3. The zero-order valence-electron chi connectivity index (χ0n) is 13.8. The maximum Gasteiger partial charge on any atom is 0.222 e. The lowest BCUT2D eigenvalue weighted by Gasteiger charge is -2.27. The number of hydrogen-bond acceptors (Lipinski definition) is 2. The van der Waals surface area contributed by atoms with Crippen molar-refractivity contribution < 1.29 is 4.79 Å². The minimum Gasteiger partial charge on any atom is -0.341 e. The Balaban J connectivity index is 2.07. The van der Waals surface area contributed by atoms with Crippen LogP contribution in [0.2, 0.25) is 0 Å². The molecule has 1 heterocycles. The minimum atomic E-state index is 0.204. The van der Waals surface area contributed by atoms with E-state index in [0.29, 0.717) is 12.3 Å². The van der Waals surface area contributed by atoms with Gasteiger partial charge in [0.1, 0.15) is 0 Å². The van der Waals surface area contributed by atoms with Gasteiger partial charge in [0, 0.05) is 25.6 Å². The van der Waals surface area contributed by atoms with E-state index < -0.39 is 0 Å². The van der Waals surface area contributed by atoms with Crippen LogP contribution in [0.4, 0.5) is 0 Å². The van der Waals surface area contributed by atoms with Crippen LogP contribution in [0.15, 0.2) is 24.3 Å². The molecule has 1 unspecified atom stereocenters. The molecule has 116 valence electrons. The molecular weight excluding hydrogens is 260 g/mol. The van der Waals surface area contributed by atoms with E-state index in [-0.39, 0.29) is 11.5 Å². The summed E-state index contributed by atoms with van der Waals surface area (Å²) in [6.45, 7) is 8.25. The van der Waals surface area contributed by atoms with Crippen LogP contribution in [0.1, 0.15) is 50.3 Å². The molecule has 0 bridgehead atoms. The number of carbonyl (C=O) groups is 1. The fourth-order valence-corrected chi connectivity index (χ4v) is 2.87. The number of benzene rings is 1. The number of aryl methyl sites for hydroxylation is 1. The van der Waals surface area contributed by atoms with Crippen LogP contribution in [0.3, 0.4) is 0 Å². The highest BCUT2D eigenvalue weighted by Crippen LogP contribution is 2.31. The molecule has 0 spiro atoms. The lowest BCUT2D eigenvalue weighted by Crippen LogP contribution is -2.38. The van der Waals surface area contributed by atoms with Crippen molar-refractivity contribution in [1.29, 1.82) is 0 Å². The van der Waals surface area contributed by atoms with Gasteiger partial charge < -0.3 is 10.2 Å². The molecule has 0 aromatic heterocycles. The molecule has 3 heteroatoms. The summed E-state index contributed by atoms with van der Waals surface area (Å²) in [6.07, 6.45) is 2.76. The Bertz CT molecular complexity index is 478. The van der Waals surface area contributed by atoms with Gasteiger partial charge >= 0.3 is 0 Å². The van der Waals surface area contributed by atoms with Gasteiger partial charge in [0.25, 0.3) is 0 Å². The molecule has 1 aliphatic heterocycles. The SMILES string of the molecule is CNC(CN1CCC(C)(C)CCC1=O)c1ccc(C)cc1. The average Bonchev–Trinajstić information content (AvgIpc) is 2.58. The molecule has 3 nitrogen and oxygen atoms in total. The minimum absolute atomic E-state index is 0.204. The molecule has 1 saturated heterocycles. The van der Waals surface area contributed by atoms with Crippen LogP contribution in [-0.2, 0) is 4.79 Å². The lowest BCUT2D eigenvalue weighted by molar-refractivity contribution is -0.131. The van der Waals surface area contributed by atoms with E-state index in [2.05, 4.69) is 50.4 Å². The normalized spacial score (nSPS) is 20.2. The van der Waals surface area contributed by atoms with E-state index in [1.165, 1.54) is 11.1 Å². The molecule has 0 saturated carbocycles. The van der Waals surface area contributed by atoms with Crippen LogP contribution in [0, 0.1) is 12.3 Å². The van der Waals surface area contributed by atoms with Gasteiger partial charge in [0.15, 0.2) is 0 Å². The molecule has 1 aromatic carbocycles. The largest absolute Gasteiger partial charge is 0.341 e. The summed E-state index contributed by atoms with van der Waals surface area (Å²) < 4.78 is 0. The van der Waals surface area contributed by atoms with Gasteiger partial charge in [-0.25, -0.2) is 0 Å². The number of carbonyl (C=O) groups excluding carboxylic acids is 1. The topological polar surface area (TPSA) is 32.3 Å². The summed E-state index contributed by atoms with van der Waals surface area (Å²) in [7, 11) is 1.97. The highest BCUT2D eigenvalue weighted by atomic mass is 16.2. The molecule has 2 rings (SSSR count). The molecule has 0 radical (unpaired) electrons. The van der Waals surface area contributed by atoms with Gasteiger partial charge in [-0.3, -0.25) is 4.79 Å². The number of hydrogen-bond donors (Lipinski definition) is 1. The fourth-order valence-electron chi connectivity index (χ4n) is 2.87. The average molecular weight is 288 g/mol. The Morgan fingerprint density at radius 3 is 2.52 bits per heavy atom. The molecule has 1 fully saturated rings. The Kier molecular flexibility index (Phi) is 5.04. The van der Waals surface area contributed by atoms with E-state index in [0.717, 1.165) is 25.9 Å². The van der Waals surface area contributed by atoms with Crippen molar-refractivity contribution in [3.63, 3.8) is 0 Å². The predicted molar refractivity (Wildman–Crippen MR) is 87.2 cm³/mol. The maximum atomic E-state index is 12.3. The first-order valence-electron chi connectivity index (χ1n) is 7.93. The smallest absolute Gasteiger partial charge is 0.222 e. The number of nitrogens with one attached hydrogen (secondary N) is 1. The van der Waals surface area contributed by atoms with Crippen molar-refractivity contribution in [2.45, 2.75) is 46.1 Å². The monoisotopic (exact) mass is 288 g/mol. The molecule has 21 heavy (non-hydrogen) atoms. The van der Waals surface area contributed by atoms with Gasteiger partial charge in [-0.05, 0) is 37.8 Å². The van der Waals surface area contributed by atoms with Crippen LogP contribution >= 0.6 is 0 Å². The molecule has 1 aromatic rings. The van der Waals surface area contributed by atoms with E-state index in [1.54, 1.807) is 0 Å². The van der Waals surface area contributed by atoms with Crippen LogP contribution < -0.4 is 5.32 Å². The van der Waals surface area contributed by atoms with E-state index in [1.807, 2.05) is 11.9 Å². The number of amides is 1. The fraction of sp³-hybridized carbons (Fsp3) is 0.611. The second-order valence-corrected chi connectivity index (χ2v) is 7.01. The Morgan fingerprint density at radius 1 is 1.24 bits per heavy atom. The van der Waals surface area contributed by atoms with Gasteiger partial charge in [0.2, 0.25) is 5.91 Å². The summed E-state index contributed by atoms with van der Waals surface area (Å²) in [5.41, 5.74) is 2.80. The molecular formula is C18H28N2O. The Hall–Kier alpha value is -1.35. The second kappa shape index (κ2) is 6.61. The van der Waals surface area contributed by atoms with Crippen molar-refractivity contribution in [2.24, 2.45) is 5.41 Å². The van der Waals surface area contributed by atoms with Crippen molar-refractivity contribution in [3.8, 4) is 0 Å². The van der Waals surface area contributed by atoms with Gasteiger partial charge in [-0.15, -0.1) is 0 Å². The summed E-state index contributed by atoms with van der Waals surface area (Å²) >= 11 is 0. The van der Waals surface area contributed by atoms with Crippen molar-refractivity contribution in [2.75, 3.05) is 20.1 Å². The van der Waals surface area contributed by atoms with Crippen LogP contribution in [0.5, 0.6) is 0 Å². The number of likely N-dealkylation sites (N-methyl/N-ethyl adjacent to an activating group) is 1. The van der Waals surface area contributed by atoms with Gasteiger partial charge in [-0.2, -0.15) is 0 Å². The Morgan fingerprint density at radius 2 is 1.90 bits per heavy atom. The summed E-state index contributed by atoms with van der Waals surface area (Å²) in [5.74, 6) is 0.299. The summed E-state index contributed by atoms with van der Waals surface area (Å²) in [6, 6.07) is 8.78. The first-order chi connectivity index (χ1) is 9.91. The third-order valence-corrected chi connectivity index (χ3v) is 4.66.